The predicted molar refractivity (Wildman–Crippen MR) is 83.9 cm³/mol. The molecular formula is C16H18N3O6-. The van der Waals surface area contributed by atoms with Crippen LogP contribution in [0.5, 0.6) is 0 Å². The van der Waals surface area contributed by atoms with Crippen LogP contribution in [0.3, 0.4) is 0 Å². The zero-order valence-electron chi connectivity index (χ0n) is 13.6. The van der Waals surface area contributed by atoms with Crippen molar-refractivity contribution in [1.82, 2.24) is 10.9 Å². The standard InChI is InChI=1S/C16H19N3O6/c1-9-8-10(6-7-13(9)19(24)25)14(20)17-18-15(21)11-4-2-3-5-12(11)16(22)23/h6-8,11-12H,2-5H2,1H3,(H,17,20)(H,18,21)(H,22,23)/p-1/t11-,12+/m0/s1. The number of nitrogens with zero attached hydrogens (tertiary/aromatic N) is 1. The summed E-state index contributed by atoms with van der Waals surface area (Å²) in [4.78, 5) is 45.5. The fourth-order valence-electron chi connectivity index (χ4n) is 3.01. The monoisotopic (exact) mass is 348 g/mol. The van der Waals surface area contributed by atoms with Gasteiger partial charge in [0.15, 0.2) is 0 Å². The van der Waals surface area contributed by atoms with E-state index in [1.54, 1.807) is 0 Å². The molecule has 2 N–H and O–H groups in total. The third-order valence-corrected chi connectivity index (χ3v) is 4.36. The van der Waals surface area contributed by atoms with Crippen molar-refractivity contribution < 1.29 is 24.4 Å². The number of carbonyl (C=O) groups is 3. The highest BCUT2D eigenvalue weighted by atomic mass is 16.6. The molecule has 1 aromatic rings. The van der Waals surface area contributed by atoms with E-state index < -0.39 is 34.5 Å². The molecule has 25 heavy (non-hydrogen) atoms. The molecule has 1 aliphatic carbocycles. The summed E-state index contributed by atoms with van der Waals surface area (Å²) in [6, 6.07) is 3.82. The van der Waals surface area contributed by atoms with E-state index >= 15 is 0 Å². The van der Waals surface area contributed by atoms with Crippen LogP contribution in [-0.2, 0) is 9.59 Å². The highest BCUT2D eigenvalue weighted by molar-refractivity contribution is 5.96. The van der Waals surface area contributed by atoms with Gasteiger partial charge in [-0.3, -0.25) is 30.6 Å². The number of nitro groups is 1. The largest absolute Gasteiger partial charge is 0.550 e. The zero-order valence-corrected chi connectivity index (χ0v) is 13.6. The molecule has 0 bridgehead atoms. The average Bonchev–Trinajstić information content (AvgIpc) is 2.58. The lowest BCUT2D eigenvalue weighted by Gasteiger charge is -2.31. The number of carboxylic acids is 1. The van der Waals surface area contributed by atoms with Gasteiger partial charge in [0.25, 0.3) is 11.6 Å². The highest BCUT2D eigenvalue weighted by Crippen LogP contribution is 2.29. The van der Waals surface area contributed by atoms with Crippen LogP contribution >= 0.6 is 0 Å². The van der Waals surface area contributed by atoms with Crippen LogP contribution in [0, 0.1) is 28.9 Å². The Balaban J connectivity index is 1.99. The fraction of sp³-hybridized carbons (Fsp3) is 0.438. The minimum Gasteiger partial charge on any atom is -0.550 e. The molecule has 0 aliphatic heterocycles. The number of nitro benzene ring substituents is 1. The average molecular weight is 348 g/mol. The van der Waals surface area contributed by atoms with E-state index in [0.29, 0.717) is 18.4 Å². The molecule has 1 aromatic carbocycles. The maximum atomic E-state index is 12.2. The van der Waals surface area contributed by atoms with Gasteiger partial charge in [0.2, 0.25) is 5.91 Å². The fourth-order valence-corrected chi connectivity index (χ4v) is 3.01. The molecule has 2 atom stereocenters. The number of hydrogen-bond donors (Lipinski definition) is 2. The summed E-state index contributed by atoms with van der Waals surface area (Å²) < 4.78 is 0. The summed E-state index contributed by atoms with van der Waals surface area (Å²) in [7, 11) is 0. The first kappa shape index (κ1) is 18.4. The number of aryl methyl sites for hydroxylation is 1. The van der Waals surface area contributed by atoms with Crippen LogP contribution in [0.15, 0.2) is 18.2 Å². The number of rotatable bonds is 4. The van der Waals surface area contributed by atoms with Gasteiger partial charge in [0.05, 0.1) is 4.92 Å². The molecule has 0 aromatic heterocycles. The Kier molecular flexibility index (Phi) is 5.68. The lowest BCUT2D eigenvalue weighted by Crippen LogP contribution is -2.49. The van der Waals surface area contributed by atoms with Gasteiger partial charge in [0.1, 0.15) is 0 Å². The molecule has 0 radical (unpaired) electrons. The maximum absolute atomic E-state index is 12.2. The van der Waals surface area contributed by atoms with Crippen LogP contribution in [0.2, 0.25) is 0 Å². The third kappa shape index (κ3) is 4.31. The number of aliphatic carboxylic acids is 1. The summed E-state index contributed by atoms with van der Waals surface area (Å²) in [5.74, 6) is -4.12. The van der Waals surface area contributed by atoms with Crippen molar-refractivity contribution in [2.45, 2.75) is 32.6 Å². The molecule has 9 heteroatoms. The van der Waals surface area contributed by atoms with Gasteiger partial charge in [-0.05, 0) is 31.9 Å². The number of benzene rings is 1. The number of carbonyl (C=O) groups excluding carboxylic acids is 3. The lowest BCUT2D eigenvalue weighted by atomic mass is 9.79. The van der Waals surface area contributed by atoms with Gasteiger partial charge in [-0.2, -0.15) is 0 Å². The number of carboxylic acid groups (broad SMARTS) is 1. The predicted octanol–water partition coefficient (Wildman–Crippen LogP) is 0.221. The van der Waals surface area contributed by atoms with Gasteiger partial charge in [-0.1, -0.05) is 12.8 Å². The summed E-state index contributed by atoms with van der Waals surface area (Å²) in [6.07, 6.45) is 2.24. The summed E-state index contributed by atoms with van der Waals surface area (Å²) in [5, 5.41) is 21.9. The lowest BCUT2D eigenvalue weighted by molar-refractivity contribution is -0.385. The van der Waals surface area contributed by atoms with E-state index in [0.717, 1.165) is 12.8 Å². The molecular weight excluding hydrogens is 330 g/mol. The summed E-state index contributed by atoms with van der Waals surface area (Å²) >= 11 is 0. The van der Waals surface area contributed by atoms with E-state index in [-0.39, 0.29) is 11.3 Å². The smallest absolute Gasteiger partial charge is 0.272 e. The minimum absolute atomic E-state index is 0.111. The van der Waals surface area contributed by atoms with Crippen LogP contribution in [0.25, 0.3) is 0 Å². The van der Waals surface area contributed by atoms with E-state index in [1.807, 2.05) is 0 Å². The number of hydrogen-bond acceptors (Lipinski definition) is 6. The Bertz CT molecular complexity index is 718. The van der Waals surface area contributed by atoms with Crippen molar-refractivity contribution in [1.29, 1.82) is 0 Å². The second-order valence-corrected chi connectivity index (χ2v) is 6.02. The molecule has 0 heterocycles. The van der Waals surface area contributed by atoms with Crippen LogP contribution in [0.4, 0.5) is 5.69 Å². The Hall–Kier alpha value is -2.97. The molecule has 0 unspecified atom stereocenters. The quantitative estimate of drug-likeness (QED) is 0.589. The summed E-state index contributed by atoms with van der Waals surface area (Å²) in [6.45, 7) is 1.50. The molecule has 1 fully saturated rings. The molecule has 134 valence electrons. The van der Waals surface area contributed by atoms with E-state index in [1.165, 1.54) is 25.1 Å². The number of hydrazine groups is 1. The normalized spacial score (nSPS) is 19.7. The van der Waals surface area contributed by atoms with Crippen molar-refractivity contribution in [2.75, 3.05) is 0 Å². The van der Waals surface area contributed by atoms with Crippen molar-refractivity contribution in [2.24, 2.45) is 11.8 Å². The van der Waals surface area contributed by atoms with Crippen LogP contribution in [0.1, 0.15) is 41.6 Å². The molecule has 9 nitrogen and oxygen atoms in total. The van der Waals surface area contributed by atoms with Gasteiger partial charge in [0, 0.05) is 35.0 Å². The van der Waals surface area contributed by atoms with E-state index in [9.17, 15) is 29.6 Å². The molecule has 0 saturated heterocycles. The third-order valence-electron chi connectivity index (χ3n) is 4.36. The summed E-state index contributed by atoms with van der Waals surface area (Å²) in [5.41, 5.74) is 4.78. The highest BCUT2D eigenvalue weighted by Gasteiger charge is 2.32. The second-order valence-electron chi connectivity index (χ2n) is 6.02. The minimum atomic E-state index is -1.27. The van der Waals surface area contributed by atoms with E-state index in [2.05, 4.69) is 10.9 Å². The molecule has 1 aliphatic rings. The first-order valence-corrected chi connectivity index (χ1v) is 7.87. The SMILES string of the molecule is Cc1cc(C(=O)NNC(=O)[C@H]2CCCC[C@H]2C(=O)[O-])ccc1[N+](=O)[O-]. The second kappa shape index (κ2) is 7.73. The Morgan fingerprint density at radius 2 is 1.76 bits per heavy atom. The first-order valence-electron chi connectivity index (χ1n) is 7.87. The molecule has 2 amide bonds. The van der Waals surface area contributed by atoms with Gasteiger partial charge < -0.3 is 9.90 Å². The van der Waals surface area contributed by atoms with Crippen LogP contribution in [-0.4, -0.2) is 22.7 Å². The van der Waals surface area contributed by atoms with Crippen LogP contribution < -0.4 is 16.0 Å². The maximum Gasteiger partial charge on any atom is 0.272 e. The van der Waals surface area contributed by atoms with Gasteiger partial charge in [-0.25, -0.2) is 0 Å². The van der Waals surface area contributed by atoms with Crippen molar-refractivity contribution in [3.8, 4) is 0 Å². The Morgan fingerprint density at radius 3 is 2.32 bits per heavy atom. The molecule has 2 rings (SSSR count). The van der Waals surface area contributed by atoms with E-state index in [4.69, 9.17) is 0 Å². The number of nitrogens with one attached hydrogen (secondary N) is 2. The topological polar surface area (TPSA) is 141 Å². The van der Waals surface area contributed by atoms with Gasteiger partial charge >= 0.3 is 0 Å². The zero-order chi connectivity index (χ0) is 18.6. The van der Waals surface area contributed by atoms with Crippen molar-refractivity contribution in [3.63, 3.8) is 0 Å². The first-order chi connectivity index (χ1) is 11.8. The molecule has 1 saturated carbocycles. The number of amides is 2. The van der Waals surface area contributed by atoms with Crippen molar-refractivity contribution in [3.05, 3.63) is 39.4 Å². The van der Waals surface area contributed by atoms with Crippen molar-refractivity contribution >= 4 is 23.5 Å². The molecule has 0 spiro atoms. The Morgan fingerprint density at radius 1 is 1.12 bits per heavy atom. The van der Waals surface area contributed by atoms with Gasteiger partial charge in [-0.15, -0.1) is 0 Å². The Labute approximate surface area is 143 Å².